The molecule has 0 aliphatic rings. The molecule has 0 N–H and O–H groups in total. The van der Waals surface area contributed by atoms with Crippen LogP contribution >= 0.6 is 0 Å². The fourth-order valence-electron chi connectivity index (χ4n) is 3.09. The highest BCUT2D eigenvalue weighted by Gasteiger charge is 2.40. The molecular weight excluding hydrogens is 342 g/mol. The van der Waals surface area contributed by atoms with Crippen LogP contribution in [0.5, 0.6) is 0 Å². The largest absolute Gasteiger partial charge is 0.501 e. The van der Waals surface area contributed by atoms with Crippen molar-refractivity contribution < 1.29 is 13.3 Å². The Balaban J connectivity index is 2.30. The second-order valence-corrected chi connectivity index (χ2v) is 8.53. The number of hydrogen-bond donors (Lipinski definition) is 0. The highest BCUT2D eigenvalue weighted by molar-refractivity contribution is 6.60. The van der Waals surface area contributed by atoms with Crippen LogP contribution in [0.3, 0.4) is 0 Å². The summed E-state index contributed by atoms with van der Waals surface area (Å²) in [5.41, 5.74) is 3.73. The molecule has 0 spiro atoms. The summed E-state index contributed by atoms with van der Waals surface area (Å²) in [5, 5.41) is 9.77. The number of rotatable bonds is 10. The molecule has 0 amide bonds. The molecule has 0 heterocycles. The van der Waals surface area contributed by atoms with Crippen molar-refractivity contribution in [2.75, 3.05) is 19.8 Å². The number of aryl methyl sites for hydroxylation is 1. The van der Waals surface area contributed by atoms with Crippen LogP contribution in [-0.4, -0.2) is 28.6 Å². The van der Waals surface area contributed by atoms with Gasteiger partial charge in [0.25, 0.3) is 0 Å². The normalized spacial score (nSPS) is 11.3. The summed E-state index contributed by atoms with van der Waals surface area (Å²) in [6.45, 7) is 7.54. The fourth-order valence-corrected chi connectivity index (χ4v) is 5.67. The Morgan fingerprint density at radius 1 is 0.846 bits per heavy atom. The first kappa shape index (κ1) is 20.3. The van der Waals surface area contributed by atoms with Crippen molar-refractivity contribution in [3.63, 3.8) is 0 Å². The molecular formula is C21H27NO3Si. The van der Waals surface area contributed by atoms with Crippen molar-refractivity contribution in [2.24, 2.45) is 0 Å². The van der Waals surface area contributed by atoms with Gasteiger partial charge in [-0.25, -0.2) is 0 Å². The summed E-state index contributed by atoms with van der Waals surface area (Å²) >= 11 is 0. The second kappa shape index (κ2) is 10.2. The van der Waals surface area contributed by atoms with Gasteiger partial charge in [-0.15, -0.1) is 0 Å². The van der Waals surface area contributed by atoms with Crippen LogP contribution < -0.4 is 0 Å². The van der Waals surface area contributed by atoms with E-state index in [1.54, 1.807) is 0 Å². The highest BCUT2D eigenvalue weighted by Crippen LogP contribution is 2.28. The van der Waals surface area contributed by atoms with Gasteiger partial charge in [0.2, 0.25) is 0 Å². The topological polar surface area (TPSA) is 51.5 Å². The van der Waals surface area contributed by atoms with E-state index in [0.717, 1.165) is 16.7 Å². The Hall–Kier alpha value is -1.97. The van der Waals surface area contributed by atoms with Crippen LogP contribution in [0.4, 0.5) is 0 Å². The quantitative estimate of drug-likeness (QED) is 0.564. The lowest BCUT2D eigenvalue weighted by molar-refractivity contribution is 0.0714. The van der Waals surface area contributed by atoms with Crippen molar-refractivity contribution in [3.05, 3.63) is 59.7 Å². The zero-order valence-electron chi connectivity index (χ0n) is 15.8. The molecule has 0 unspecified atom stereocenters. The van der Waals surface area contributed by atoms with Gasteiger partial charge in [0.1, 0.15) is 6.07 Å². The predicted molar refractivity (Wildman–Crippen MR) is 106 cm³/mol. The van der Waals surface area contributed by atoms with E-state index in [4.69, 9.17) is 13.3 Å². The lowest BCUT2D eigenvalue weighted by Gasteiger charge is -2.28. The van der Waals surface area contributed by atoms with Crippen LogP contribution in [-0.2, 0) is 19.7 Å². The Kier molecular flexibility index (Phi) is 8.01. The van der Waals surface area contributed by atoms with E-state index in [1.807, 2.05) is 69.3 Å². The molecule has 0 fully saturated rings. The van der Waals surface area contributed by atoms with Crippen molar-refractivity contribution in [2.45, 2.75) is 33.2 Å². The summed E-state index contributed by atoms with van der Waals surface area (Å²) < 4.78 is 17.8. The Morgan fingerprint density at radius 3 is 2.00 bits per heavy atom. The van der Waals surface area contributed by atoms with E-state index in [2.05, 4.69) is 6.07 Å². The third kappa shape index (κ3) is 5.02. The van der Waals surface area contributed by atoms with Gasteiger partial charge < -0.3 is 13.3 Å². The smallest absolute Gasteiger partial charge is 0.374 e. The first-order valence-corrected chi connectivity index (χ1v) is 11.1. The van der Waals surface area contributed by atoms with Crippen molar-refractivity contribution in [3.8, 4) is 17.2 Å². The molecule has 26 heavy (non-hydrogen) atoms. The molecule has 5 heteroatoms. The van der Waals surface area contributed by atoms with Gasteiger partial charge in [0.15, 0.2) is 0 Å². The Bertz CT molecular complexity index is 711. The lowest BCUT2D eigenvalue weighted by Crippen LogP contribution is -2.46. The minimum Gasteiger partial charge on any atom is -0.374 e. The summed E-state index contributed by atoms with van der Waals surface area (Å²) in [4.78, 5) is 0. The molecule has 2 rings (SSSR count). The fraction of sp³-hybridized carbons (Fsp3) is 0.381. The van der Waals surface area contributed by atoms with E-state index < -0.39 is 8.80 Å². The zero-order chi connectivity index (χ0) is 18.8. The maximum atomic E-state index is 9.77. The van der Waals surface area contributed by atoms with E-state index in [1.165, 1.54) is 0 Å². The number of nitrogens with zero attached hydrogens (tertiary/aromatic N) is 1. The molecule has 0 bridgehead atoms. The highest BCUT2D eigenvalue weighted by atomic mass is 28.4. The zero-order valence-corrected chi connectivity index (χ0v) is 16.8. The van der Waals surface area contributed by atoms with Gasteiger partial charge in [-0.05, 0) is 43.9 Å². The molecule has 0 saturated heterocycles. The lowest BCUT2D eigenvalue weighted by atomic mass is 9.95. The molecule has 2 aromatic carbocycles. The summed E-state index contributed by atoms with van der Waals surface area (Å²) in [7, 11) is -2.72. The number of benzene rings is 2. The molecule has 0 saturated carbocycles. The van der Waals surface area contributed by atoms with Crippen LogP contribution in [0.1, 0.15) is 31.9 Å². The Morgan fingerprint density at radius 2 is 1.46 bits per heavy atom. The van der Waals surface area contributed by atoms with Gasteiger partial charge >= 0.3 is 8.80 Å². The van der Waals surface area contributed by atoms with E-state index in [-0.39, 0.29) is 0 Å². The van der Waals surface area contributed by atoms with E-state index in [0.29, 0.717) is 37.8 Å². The third-order valence-corrected chi connectivity index (χ3v) is 7.19. The van der Waals surface area contributed by atoms with Gasteiger partial charge in [-0.3, -0.25) is 0 Å². The molecule has 0 aliphatic carbocycles. The monoisotopic (exact) mass is 369 g/mol. The van der Waals surface area contributed by atoms with E-state index >= 15 is 0 Å². The average Bonchev–Trinajstić information content (AvgIpc) is 2.67. The van der Waals surface area contributed by atoms with Gasteiger partial charge in [-0.2, -0.15) is 5.26 Å². The standard InChI is InChI=1S/C21H27NO3Si/c1-4-23-26(24-5-2,25-6-3)16-15-19-13-10-14-20(21(19)17-22)18-11-8-7-9-12-18/h7-14H,4-6,15-16H2,1-3H3. The van der Waals surface area contributed by atoms with E-state index in [9.17, 15) is 5.26 Å². The van der Waals surface area contributed by atoms with Crippen LogP contribution in [0, 0.1) is 11.3 Å². The molecule has 0 atom stereocenters. The van der Waals surface area contributed by atoms with Gasteiger partial charge in [0, 0.05) is 25.9 Å². The molecule has 4 nitrogen and oxygen atoms in total. The summed E-state index contributed by atoms with van der Waals surface area (Å²) in [6.07, 6.45) is 0.690. The second-order valence-electron chi connectivity index (χ2n) is 5.80. The first-order chi connectivity index (χ1) is 12.7. The van der Waals surface area contributed by atoms with Crippen molar-refractivity contribution in [1.82, 2.24) is 0 Å². The maximum Gasteiger partial charge on any atom is 0.501 e. The van der Waals surface area contributed by atoms with Crippen LogP contribution in [0.25, 0.3) is 11.1 Å². The first-order valence-electron chi connectivity index (χ1n) is 9.19. The maximum absolute atomic E-state index is 9.77. The molecule has 0 aromatic heterocycles. The van der Waals surface area contributed by atoms with Gasteiger partial charge in [-0.1, -0.05) is 48.5 Å². The van der Waals surface area contributed by atoms with Crippen molar-refractivity contribution in [1.29, 1.82) is 5.26 Å². The molecule has 138 valence electrons. The number of hydrogen-bond acceptors (Lipinski definition) is 4. The summed E-state index contributed by atoms with van der Waals surface area (Å²) in [6, 6.07) is 19.1. The van der Waals surface area contributed by atoms with Gasteiger partial charge in [0.05, 0.1) is 5.56 Å². The van der Waals surface area contributed by atoms with Crippen LogP contribution in [0.15, 0.2) is 48.5 Å². The minimum atomic E-state index is -2.72. The average molecular weight is 370 g/mol. The summed E-state index contributed by atoms with van der Waals surface area (Å²) in [5.74, 6) is 0. The minimum absolute atomic E-state index is 0.557. The van der Waals surface area contributed by atoms with Crippen molar-refractivity contribution >= 4 is 8.80 Å². The predicted octanol–water partition coefficient (Wildman–Crippen LogP) is 4.82. The number of nitriles is 1. The molecule has 0 radical (unpaired) electrons. The third-order valence-electron chi connectivity index (χ3n) is 4.14. The Labute approximate surface area is 157 Å². The molecule has 0 aliphatic heterocycles. The molecule has 2 aromatic rings. The SMILES string of the molecule is CCO[Si](CCc1cccc(-c2ccccc2)c1C#N)(OCC)OCC. The van der Waals surface area contributed by atoms with Crippen LogP contribution in [0.2, 0.25) is 6.04 Å².